The first-order valence-electron chi connectivity index (χ1n) is 6.27. The first-order valence-corrected chi connectivity index (χ1v) is 6.27. The van der Waals surface area contributed by atoms with Gasteiger partial charge in [-0.25, -0.2) is 0 Å². The highest BCUT2D eigenvalue weighted by Gasteiger charge is 2.26. The van der Waals surface area contributed by atoms with Crippen molar-refractivity contribution >= 4 is 5.69 Å². The van der Waals surface area contributed by atoms with Gasteiger partial charge < -0.3 is 10.6 Å². The second kappa shape index (κ2) is 5.70. The summed E-state index contributed by atoms with van der Waals surface area (Å²) in [6, 6.07) is 10.8. The van der Waals surface area contributed by atoms with E-state index < -0.39 is 0 Å². The second-order valence-corrected chi connectivity index (χ2v) is 4.54. The number of nitrogens with two attached hydrogens (primary N) is 1. The number of rotatable bonds is 5. The van der Waals surface area contributed by atoms with Crippen molar-refractivity contribution in [3.63, 3.8) is 0 Å². The lowest BCUT2D eigenvalue weighted by atomic mass is 9.98. The number of nitrogens with zero attached hydrogens (tertiary/aromatic N) is 2. The molecule has 1 heterocycles. The van der Waals surface area contributed by atoms with Gasteiger partial charge in [-0.1, -0.05) is 18.2 Å². The van der Waals surface area contributed by atoms with Gasteiger partial charge in [0.15, 0.2) is 0 Å². The molecule has 2 rings (SSSR count). The Labute approximate surface area is 103 Å². The van der Waals surface area contributed by atoms with Crippen LogP contribution in [0.4, 0.5) is 5.69 Å². The number of para-hydroxylation sites is 1. The molecule has 17 heavy (non-hydrogen) atoms. The number of hydrogen-bond donors (Lipinski definition) is 1. The average Bonchev–Trinajstić information content (AvgIpc) is 2.70. The number of nitriles is 1. The van der Waals surface area contributed by atoms with Crippen molar-refractivity contribution in [1.82, 2.24) is 0 Å². The van der Waals surface area contributed by atoms with Crippen molar-refractivity contribution in [3.8, 4) is 6.07 Å². The number of anilines is 1. The molecule has 0 aliphatic carbocycles. The van der Waals surface area contributed by atoms with Crippen LogP contribution in [-0.2, 0) is 0 Å². The Morgan fingerprint density at radius 3 is 3.00 bits per heavy atom. The number of benzene rings is 1. The second-order valence-electron chi connectivity index (χ2n) is 4.54. The summed E-state index contributed by atoms with van der Waals surface area (Å²) in [4.78, 5) is 2.40. The quantitative estimate of drug-likeness (QED) is 0.788. The smallest absolute Gasteiger partial charge is 0.0622 e. The van der Waals surface area contributed by atoms with Crippen molar-refractivity contribution < 1.29 is 0 Å². The molecular formula is C14H19N3. The Bertz CT molecular complexity index is 408. The van der Waals surface area contributed by atoms with Crippen LogP contribution in [-0.4, -0.2) is 19.6 Å². The van der Waals surface area contributed by atoms with E-state index in [0.29, 0.717) is 12.3 Å². The third-order valence-corrected chi connectivity index (χ3v) is 3.39. The zero-order chi connectivity index (χ0) is 12.1. The number of fused-ring (bicyclic) bond motifs is 1. The molecule has 1 atom stereocenters. The van der Waals surface area contributed by atoms with E-state index in [4.69, 9.17) is 11.0 Å². The lowest BCUT2D eigenvalue weighted by molar-refractivity contribution is 0.637. The molecule has 0 bridgehead atoms. The Hall–Kier alpha value is -1.53. The molecule has 0 saturated carbocycles. The molecule has 0 aromatic heterocycles. The molecule has 3 heteroatoms. The van der Waals surface area contributed by atoms with Crippen molar-refractivity contribution in [2.75, 3.05) is 24.5 Å². The van der Waals surface area contributed by atoms with E-state index >= 15 is 0 Å². The lowest BCUT2D eigenvalue weighted by Crippen LogP contribution is -2.23. The van der Waals surface area contributed by atoms with Gasteiger partial charge in [0.2, 0.25) is 0 Å². The molecule has 3 nitrogen and oxygen atoms in total. The van der Waals surface area contributed by atoms with Crippen LogP contribution in [0.3, 0.4) is 0 Å². The fourth-order valence-electron chi connectivity index (χ4n) is 2.59. The van der Waals surface area contributed by atoms with E-state index in [9.17, 15) is 0 Å². The summed E-state index contributed by atoms with van der Waals surface area (Å²) >= 11 is 0. The van der Waals surface area contributed by atoms with Crippen molar-refractivity contribution in [2.45, 2.75) is 25.2 Å². The molecule has 0 spiro atoms. The van der Waals surface area contributed by atoms with Crippen LogP contribution in [0.1, 0.15) is 30.7 Å². The Balaban J connectivity index is 2.08. The van der Waals surface area contributed by atoms with Gasteiger partial charge >= 0.3 is 0 Å². The molecule has 2 N–H and O–H groups in total. The summed E-state index contributed by atoms with van der Waals surface area (Å²) in [7, 11) is 0. The summed E-state index contributed by atoms with van der Waals surface area (Å²) < 4.78 is 0. The molecule has 0 saturated heterocycles. The molecule has 1 unspecified atom stereocenters. The molecule has 0 radical (unpaired) electrons. The predicted octanol–water partition coefficient (Wildman–Crippen LogP) is 2.24. The summed E-state index contributed by atoms with van der Waals surface area (Å²) in [5, 5.41) is 8.59. The largest absolute Gasteiger partial charge is 0.371 e. The van der Waals surface area contributed by atoms with E-state index in [1.165, 1.54) is 11.3 Å². The lowest BCUT2D eigenvalue weighted by Gasteiger charge is -2.19. The van der Waals surface area contributed by atoms with Crippen LogP contribution in [0.25, 0.3) is 0 Å². The van der Waals surface area contributed by atoms with Crippen LogP contribution in [0.2, 0.25) is 0 Å². The van der Waals surface area contributed by atoms with Gasteiger partial charge in [0.05, 0.1) is 6.07 Å². The summed E-state index contributed by atoms with van der Waals surface area (Å²) in [6.07, 6.45) is 2.63. The monoisotopic (exact) mass is 229 g/mol. The maximum atomic E-state index is 8.59. The standard InChI is InChI=1S/C14H19N3/c15-8-3-4-10-17-11-12(7-9-16)13-5-1-2-6-14(13)17/h1-2,5-6,12H,3-4,7,9-11,16H2. The van der Waals surface area contributed by atoms with Gasteiger partial charge in [0.1, 0.15) is 0 Å². The van der Waals surface area contributed by atoms with Gasteiger partial charge in [-0.3, -0.25) is 0 Å². The van der Waals surface area contributed by atoms with Crippen molar-refractivity contribution in [3.05, 3.63) is 29.8 Å². The maximum Gasteiger partial charge on any atom is 0.0622 e. The zero-order valence-corrected chi connectivity index (χ0v) is 10.1. The highest BCUT2D eigenvalue weighted by atomic mass is 15.2. The summed E-state index contributed by atoms with van der Waals surface area (Å²) in [5.74, 6) is 0.568. The zero-order valence-electron chi connectivity index (χ0n) is 10.1. The normalized spacial score (nSPS) is 17.9. The topological polar surface area (TPSA) is 53.0 Å². The third kappa shape index (κ3) is 2.59. The van der Waals surface area contributed by atoms with Gasteiger partial charge in [-0.2, -0.15) is 5.26 Å². The predicted molar refractivity (Wildman–Crippen MR) is 69.9 cm³/mol. The highest BCUT2D eigenvalue weighted by Crippen LogP contribution is 2.37. The minimum Gasteiger partial charge on any atom is -0.371 e. The Morgan fingerprint density at radius 2 is 2.24 bits per heavy atom. The third-order valence-electron chi connectivity index (χ3n) is 3.39. The van der Waals surface area contributed by atoms with E-state index in [1.807, 2.05) is 0 Å². The molecule has 1 aliphatic rings. The van der Waals surface area contributed by atoms with Gasteiger partial charge in [0, 0.05) is 31.1 Å². The van der Waals surface area contributed by atoms with E-state index in [-0.39, 0.29) is 0 Å². The van der Waals surface area contributed by atoms with Gasteiger partial charge in [0.25, 0.3) is 0 Å². The highest BCUT2D eigenvalue weighted by molar-refractivity contribution is 5.60. The molecule has 1 aromatic rings. The Kier molecular flexibility index (Phi) is 4.00. The minimum absolute atomic E-state index is 0.568. The van der Waals surface area contributed by atoms with Gasteiger partial charge in [-0.15, -0.1) is 0 Å². The molecule has 90 valence electrons. The molecule has 0 fully saturated rings. The van der Waals surface area contributed by atoms with Crippen LogP contribution < -0.4 is 10.6 Å². The van der Waals surface area contributed by atoms with Gasteiger partial charge in [-0.05, 0) is 31.0 Å². The van der Waals surface area contributed by atoms with Crippen LogP contribution in [0.15, 0.2) is 24.3 Å². The van der Waals surface area contributed by atoms with E-state index in [0.717, 1.165) is 32.5 Å². The minimum atomic E-state index is 0.568. The van der Waals surface area contributed by atoms with E-state index in [1.54, 1.807) is 0 Å². The molecule has 1 aromatic carbocycles. The first kappa shape index (κ1) is 11.9. The first-order chi connectivity index (χ1) is 8.36. The molecular weight excluding hydrogens is 210 g/mol. The SMILES string of the molecule is N#CCCCN1CC(CCN)c2ccccc21. The molecule has 1 aliphatic heterocycles. The van der Waals surface area contributed by atoms with Crippen molar-refractivity contribution in [2.24, 2.45) is 5.73 Å². The maximum absolute atomic E-state index is 8.59. The molecule has 0 amide bonds. The van der Waals surface area contributed by atoms with Crippen LogP contribution in [0, 0.1) is 11.3 Å². The Morgan fingerprint density at radius 1 is 1.41 bits per heavy atom. The number of unbranched alkanes of at least 4 members (excludes halogenated alkanes) is 1. The van der Waals surface area contributed by atoms with Crippen molar-refractivity contribution in [1.29, 1.82) is 5.26 Å². The average molecular weight is 229 g/mol. The van der Waals surface area contributed by atoms with Crippen LogP contribution in [0.5, 0.6) is 0 Å². The summed E-state index contributed by atoms with van der Waals surface area (Å²) in [6.45, 7) is 2.78. The number of hydrogen-bond acceptors (Lipinski definition) is 3. The summed E-state index contributed by atoms with van der Waals surface area (Å²) in [5.41, 5.74) is 8.43. The van der Waals surface area contributed by atoms with Crippen LogP contribution >= 0.6 is 0 Å². The van der Waals surface area contributed by atoms with E-state index in [2.05, 4.69) is 35.2 Å². The fourth-order valence-corrected chi connectivity index (χ4v) is 2.59. The fraction of sp³-hybridized carbons (Fsp3) is 0.500.